The Hall–Kier alpha value is -1.11. The lowest BCUT2D eigenvalue weighted by Crippen LogP contribution is -2.34. The first-order valence-electron chi connectivity index (χ1n) is 6.75. The number of primary sulfonamides is 1. The number of sulfonamides is 1. The molecule has 1 saturated heterocycles. The molecule has 0 spiro atoms. The molecule has 2 atom stereocenters. The van der Waals surface area contributed by atoms with Crippen molar-refractivity contribution in [2.24, 2.45) is 11.1 Å². The summed E-state index contributed by atoms with van der Waals surface area (Å²) in [7, 11) is -3.92. The van der Waals surface area contributed by atoms with Gasteiger partial charge >= 0.3 is 0 Å². The van der Waals surface area contributed by atoms with Crippen LogP contribution in [0.5, 0.6) is 0 Å². The van der Waals surface area contributed by atoms with Gasteiger partial charge in [0.2, 0.25) is 10.0 Å². The minimum absolute atomic E-state index is 0.0988. The largest absolute Gasteiger partial charge is 0.336 e. The van der Waals surface area contributed by atoms with Crippen LogP contribution >= 0.6 is 11.6 Å². The Morgan fingerprint density at radius 1 is 1.38 bits per heavy atom. The molecule has 2 rings (SSSR count). The molecule has 1 heterocycles. The molecule has 7 heteroatoms. The van der Waals surface area contributed by atoms with Crippen molar-refractivity contribution in [2.75, 3.05) is 6.54 Å². The molecule has 2 N–H and O–H groups in total. The van der Waals surface area contributed by atoms with Crippen LogP contribution in [0.4, 0.5) is 0 Å². The summed E-state index contributed by atoms with van der Waals surface area (Å²) < 4.78 is 23.2. The van der Waals surface area contributed by atoms with Crippen LogP contribution in [-0.2, 0) is 10.0 Å². The van der Waals surface area contributed by atoms with E-state index in [0.29, 0.717) is 23.6 Å². The number of carbonyl (C=O) groups excluding carboxylic acids is 1. The average molecular weight is 331 g/mol. The number of nitrogens with two attached hydrogens (primary N) is 1. The van der Waals surface area contributed by atoms with Gasteiger partial charge in [0.25, 0.3) is 5.91 Å². The highest BCUT2D eigenvalue weighted by atomic mass is 35.5. The second-order valence-electron chi connectivity index (χ2n) is 5.77. The molecule has 21 heavy (non-hydrogen) atoms. The molecule has 1 aliphatic rings. The highest BCUT2D eigenvalue weighted by Crippen LogP contribution is 2.29. The third-order valence-electron chi connectivity index (χ3n) is 3.91. The van der Waals surface area contributed by atoms with E-state index in [1.54, 1.807) is 11.8 Å². The standard InChI is InChI=1S/C14H19ClN2O3S/c1-8-4-9(2)17(7-8)14(18)12-5-11(15)6-13(10(12)3)21(16,19)20/h5-6,8-9H,4,7H2,1-3H3,(H2,16,19,20). The van der Waals surface area contributed by atoms with Crippen molar-refractivity contribution in [3.05, 3.63) is 28.3 Å². The molecule has 0 saturated carbocycles. The van der Waals surface area contributed by atoms with Crippen LogP contribution in [0.25, 0.3) is 0 Å². The number of amides is 1. The fourth-order valence-electron chi connectivity index (χ4n) is 2.91. The molecular weight excluding hydrogens is 312 g/mol. The number of likely N-dealkylation sites (tertiary alicyclic amines) is 1. The molecule has 1 aromatic carbocycles. The van der Waals surface area contributed by atoms with Gasteiger partial charge in [-0.25, -0.2) is 13.6 Å². The summed E-state index contributed by atoms with van der Waals surface area (Å²) in [5, 5.41) is 5.37. The molecule has 5 nitrogen and oxygen atoms in total. The zero-order chi connectivity index (χ0) is 15.9. The second-order valence-corrected chi connectivity index (χ2v) is 7.74. The van der Waals surface area contributed by atoms with Gasteiger partial charge in [0.1, 0.15) is 0 Å². The fraction of sp³-hybridized carbons (Fsp3) is 0.500. The van der Waals surface area contributed by atoms with Crippen molar-refractivity contribution in [3.8, 4) is 0 Å². The van der Waals surface area contributed by atoms with E-state index in [1.165, 1.54) is 12.1 Å². The second kappa shape index (κ2) is 5.59. The van der Waals surface area contributed by atoms with Crippen molar-refractivity contribution < 1.29 is 13.2 Å². The zero-order valence-electron chi connectivity index (χ0n) is 12.3. The molecular formula is C14H19ClN2O3S. The minimum Gasteiger partial charge on any atom is -0.336 e. The van der Waals surface area contributed by atoms with Gasteiger partial charge < -0.3 is 4.90 Å². The predicted molar refractivity (Wildman–Crippen MR) is 81.8 cm³/mol. The van der Waals surface area contributed by atoms with E-state index < -0.39 is 10.0 Å². The van der Waals surface area contributed by atoms with Gasteiger partial charge in [0.15, 0.2) is 0 Å². The SMILES string of the molecule is Cc1c(C(=O)N2CC(C)CC2C)cc(Cl)cc1S(N)(=O)=O. The number of benzene rings is 1. The number of nitrogens with zero attached hydrogens (tertiary/aromatic N) is 1. The number of halogens is 1. The van der Waals surface area contributed by atoms with E-state index in [-0.39, 0.29) is 21.9 Å². The Balaban J connectivity index is 2.50. The lowest BCUT2D eigenvalue weighted by atomic mass is 10.1. The topological polar surface area (TPSA) is 80.5 Å². The third kappa shape index (κ3) is 3.22. The molecule has 0 aromatic heterocycles. The average Bonchev–Trinajstić information content (AvgIpc) is 2.68. The van der Waals surface area contributed by atoms with Crippen LogP contribution in [0.1, 0.15) is 36.2 Å². The van der Waals surface area contributed by atoms with E-state index >= 15 is 0 Å². The molecule has 116 valence electrons. The predicted octanol–water partition coefficient (Wildman–Crippen LogP) is 2.17. The van der Waals surface area contributed by atoms with Crippen molar-refractivity contribution in [1.29, 1.82) is 0 Å². The number of rotatable bonds is 2. The van der Waals surface area contributed by atoms with Crippen molar-refractivity contribution in [2.45, 2.75) is 38.1 Å². The van der Waals surface area contributed by atoms with Crippen LogP contribution in [0, 0.1) is 12.8 Å². The van der Waals surface area contributed by atoms with Crippen LogP contribution in [0.2, 0.25) is 5.02 Å². The Morgan fingerprint density at radius 3 is 2.48 bits per heavy atom. The summed E-state index contributed by atoms with van der Waals surface area (Å²) >= 11 is 5.95. The third-order valence-corrected chi connectivity index (χ3v) is 5.16. The van der Waals surface area contributed by atoms with E-state index in [9.17, 15) is 13.2 Å². The van der Waals surface area contributed by atoms with Crippen LogP contribution in [0.15, 0.2) is 17.0 Å². The first-order valence-corrected chi connectivity index (χ1v) is 8.67. The Labute approximate surface area is 130 Å². The van der Waals surface area contributed by atoms with E-state index in [1.807, 2.05) is 6.92 Å². The first-order chi connectivity index (χ1) is 9.61. The summed E-state index contributed by atoms with van der Waals surface area (Å²) in [4.78, 5) is 14.3. The normalized spacial score (nSPS) is 22.6. The van der Waals surface area contributed by atoms with Crippen LogP contribution in [-0.4, -0.2) is 31.8 Å². The number of hydrogen-bond acceptors (Lipinski definition) is 3. The summed E-state index contributed by atoms with van der Waals surface area (Å²) in [6.45, 7) is 6.32. The maximum atomic E-state index is 12.7. The quantitative estimate of drug-likeness (QED) is 0.902. The van der Waals surface area contributed by atoms with Crippen LogP contribution in [0.3, 0.4) is 0 Å². The first kappa shape index (κ1) is 16.3. The highest BCUT2D eigenvalue weighted by Gasteiger charge is 2.32. The highest BCUT2D eigenvalue weighted by molar-refractivity contribution is 7.89. The maximum absolute atomic E-state index is 12.7. The van der Waals surface area contributed by atoms with Gasteiger partial charge in [-0.15, -0.1) is 0 Å². The Morgan fingerprint density at radius 2 is 2.00 bits per heavy atom. The number of hydrogen-bond donors (Lipinski definition) is 1. The van der Waals surface area contributed by atoms with Crippen molar-refractivity contribution in [1.82, 2.24) is 4.90 Å². The smallest absolute Gasteiger partial charge is 0.254 e. The van der Waals surface area contributed by atoms with E-state index in [4.69, 9.17) is 16.7 Å². The molecule has 2 unspecified atom stereocenters. The molecule has 0 bridgehead atoms. The molecule has 0 aliphatic carbocycles. The number of carbonyl (C=O) groups is 1. The van der Waals surface area contributed by atoms with Gasteiger partial charge in [-0.3, -0.25) is 4.79 Å². The summed E-state index contributed by atoms with van der Waals surface area (Å²) in [5.41, 5.74) is 0.645. The van der Waals surface area contributed by atoms with Crippen LogP contribution < -0.4 is 5.14 Å². The van der Waals surface area contributed by atoms with Gasteiger partial charge in [-0.2, -0.15) is 0 Å². The molecule has 1 aliphatic heterocycles. The summed E-state index contributed by atoms with van der Waals surface area (Å²) in [5.74, 6) is 0.234. The lowest BCUT2D eigenvalue weighted by molar-refractivity contribution is 0.0742. The molecule has 1 amide bonds. The van der Waals surface area contributed by atoms with Crippen molar-refractivity contribution >= 4 is 27.5 Å². The van der Waals surface area contributed by atoms with Gasteiger partial charge in [0.05, 0.1) is 4.90 Å². The maximum Gasteiger partial charge on any atom is 0.254 e. The van der Waals surface area contributed by atoms with Gasteiger partial charge in [0, 0.05) is 23.2 Å². The zero-order valence-corrected chi connectivity index (χ0v) is 13.8. The van der Waals surface area contributed by atoms with Crippen molar-refractivity contribution in [3.63, 3.8) is 0 Å². The molecule has 0 radical (unpaired) electrons. The van der Waals surface area contributed by atoms with Gasteiger partial charge in [-0.05, 0) is 43.9 Å². The summed E-state index contributed by atoms with van der Waals surface area (Å²) in [6.07, 6.45) is 0.938. The van der Waals surface area contributed by atoms with Gasteiger partial charge in [-0.1, -0.05) is 18.5 Å². The molecule has 1 fully saturated rings. The lowest BCUT2D eigenvalue weighted by Gasteiger charge is -2.23. The minimum atomic E-state index is -3.92. The van der Waals surface area contributed by atoms with E-state index in [0.717, 1.165) is 6.42 Å². The molecule has 1 aromatic rings. The fourth-order valence-corrected chi connectivity index (χ4v) is 4.02. The van der Waals surface area contributed by atoms with E-state index in [2.05, 4.69) is 6.92 Å². The monoisotopic (exact) mass is 330 g/mol. The Kier molecular flexibility index (Phi) is 4.33. The summed E-state index contributed by atoms with van der Waals surface area (Å²) in [6, 6.07) is 2.91. The Bertz CT molecular complexity index is 688.